The van der Waals surface area contributed by atoms with E-state index in [9.17, 15) is 26.3 Å². The van der Waals surface area contributed by atoms with Crippen molar-refractivity contribution in [3.8, 4) is 0 Å². The summed E-state index contributed by atoms with van der Waals surface area (Å²) in [5.74, 6) is -30.1. The molecule has 0 aromatic carbocycles. The number of hydrogen-bond donors (Lipinski definition) is 0. The first-order valence-corrected chi connectivity index (χ1v) is 8.96. The molecule has 1 heterocycles. The fourth-order valence-electron chi connectivity index (χ4n) is 2.79. The third kappa shape index (κ3) is 3.33. The normalized spacial score (nSPS) is 28.8. The summed E-state index contributed by atoms with van der Waals surface area (Å²) >= 11 is 0. The van der Waals surface area contributed by atoms with Gasteiger partial charge in [-0.25, -0.2) is 0 Å². The Labute approximate surface area is 170 Å². The summed E-state index contributed by atoms with van der Waals surface area (Å²) in [7, 11) is 0. The number of halogens is 12. The molecule has 0 saturated carbocycles. The molecule has 1 aliphatic heterocycles. The van der Waals surface area contributed by atoms with Crippen LogP contribution in [0.2, 0.25) is 0 Å². The molecule has 14 heteroatoms. The summed E-state index contributed by atoms with van der Waals surface area (Å²) < 4.78 is 177. The van der Waals surface area contributed by atoms with Crippen LogP contribution in [0, 0.1) is 10.8 Å². The minimum atomic E-state index is -6.96. The van der Waals surface area contributed by atoms with Gasteiger partial charge < -0.3 is 0 Å². The SMILES string of the molecule is CCC(C)(C)C(F)(F)C1(F)OC(C(F)(F)F)(C(F)(F)F)OC1(F)C(F)(F)C(C)(C)CC. The van der Waals surface area contributed by atoms with Crippen LogP contribution in [-0.2, 0) is 9.47 Å². The minimum absolute atomic E-state index is 0.433. The second-order valence-corrected chi connectivity index (χ2v) is 8.63. The van der Waals surface area contributed by atoms with Crippen molar-refractivity contribution in [2.75, 3.05) is 0 Å². The molecule has 0 bridgehead atoms. The average Bonchev–Trinajstić information content (AvgIpc) is 2.86. The number of alkyl halides is 12. The zero-order chi connectivity index (χ0) is 25.3. The first kappa shape index (κ1) is 28.1. The molecule has 2 atom stereocenters. The minimum Gasteiger partial charge on any atom is -0.288 e. The van der Waals surface area contributed by atoms with E-state index in [0.29, 0.717) is 27.7 Å². The lowest BCUT2D eigenvalue weighted by atomic mass is 9.71. The first-order chi connectivity index (χ1) is 13.3. The Bertz CT molecular complexity index is 624. The standard InChI is InChI=1S/C17H22F12O2/c1-7-9(3,4)11(18,19)13(22)14(23,12(20,21)10(5,6)8-2)31-15(30-13,16(24,25)26)17(27,28)29/h7-8H2,1-6H3. The Hall–Kier alpha value is -0.920. The average molecular weight is 486 g/mol. The van der Waals surface area contributed by atoms with Crippen LogP contribution in [-0.4, -0.2) is 41.7 Å². The molecule has 1 fully saturated rings. The van der Waals surface area contributed by atoms with Gasteiger partial charge in [-0.15, -0.1) is 0 Å². The van der Waals surface area contributed by atoms with Gasteiger partial charge in [-0.3, -0.25) is 9.47 Å². The molecule has 0 aliphatic carbocycles. The molecule has 0 spiro atoms. The van der Waals surface area contributed by atoms with Crippen LogP contribution in [0.1, 0.15) is 54.4 Å². The van der Waals surface area contributed by atoms with E-state index in [2.05, 4.69) is 9.47 Å². The lowest BCUT2D eigenvalue weighted by Gasteiger charge is -2.48. The van der Waals surface area contributed by atoms with Crippen LogP contribution in [0.15, 0.2) is 0 Å². The van der Waals surface area contributed by atoms with Crippen molar-refractivity contribution in [1.82, 2.24) is 0 Å². The summed E-state index contributed by atoms with van der Waals surface area (Å²) in [4.78, 5) is 0. The highest BCUT2D eigenvalue weighted by Gasteiger charge is 2.96. The Morgan fingerprint density at radius 2 is 0.774 bits per heavy atom. The maximum atomic E-state index is 15.6. The molecule has 31 heavy (non-hydrogen) atoms. The van der Waals surface area contributed by atoms with Crippen molar-refractivity contribution in [3.05, 3.63) is 0 Å². The van der Waals surface area contributed by atoms with Crippen LogP contribution in [0.5, 0.6) is 0 Å². The van der Waals surface area contributed by atoms with E-state index >= 15 is 26.3 Å². The summed E-state index contributed by atoms with van der Waals surface area (Å²) in [6, 6.07) is 0. The predicted octanol–water partition coefficient (Wildman–Crippen LogP) is 7.33. The lowest BCUT2D eigenvalue weighted by molar-refractivity contribution is -0.468. The predicted molar refractivity (Wildman–Crippen MR) is 82.7 cm³/mol. The van der Waals surface area contributed by atoms with Gasteiger partial charge in [-0.05, 0) is 12.8 Å². The molecule has 0 aromatic heterocycles. The van der Waals surface area contributed by atoms with E-state index in [4.69, 9.17) is 0 Å². The number of hydrogen-bond acceptors (Lipinski definition) is 2. The maximum Gasteiger partial charge on any atom is 0.453 e. The second-order valence-electron chi connectivity index (χ2n) is 8.63. The van der Waals surface area contributed by atoms with Gasteiger partial charge >= 0.3 is 41.7 Å². The first-order valence-electron chi connectivity index (χ1n) is 8.96. The highest BCUT2D eigenvalue weighted by atomic mass is 19.4. The van der Waals surface area contributed by atoms with Crippen molar-refractivity contribution in [1.29, 1.82) is 0 Å². The van der Waals surface area contributed by atoms with Crippen molar-refractivity contribution >= 4 is 0 Å². The van der Waals surface area contributed by atoms with Gasteiger partial charge in [0.1, 0.15) is 0 Å². The quantitative estimate of drug-likeness (QED) is 0.366. The van der Waals surface area contributed by atoms with Crippen molar-refractivity contribution in [2.24, 2.45) is 10.8 Å². The van der Waals surface area contributed by atoms with Gasteiger partial charge in [0.15, 0.2) is 0 Å². The Kier molecular flexibility index (Phi) is 6.38. The van der Waals surface area contributed by atoms with Gasteiger partial charge in [0.25, 0.3) is 0 Å². The van der Waals surface area contributed by atoms with Crippen LogP contribution in [0.3, 0.4) is 0 Å². The molecule has 0 N–H and O–H groups in total. The Morgan fingerprint density at radius 1 is 0.548 bits per heavy atom. The van der Waals surface area contributed by atoms with Crippen LogP contribution >= 0.6 is 0 Å². The monoisotopic (exact) mass is 486 g/mol. The molecule has 1 rings (SSSR count). The molecule has 2 unspecified atom stereocenters. The summed E-state index contributed by atoms with van der Waals surface area (Å²) in [5.41, 5.74) is -5.88. The molecule has 186 valence electrons. The van der Waals surface area contributed by atoms with Gasteiger partial charge in [0.2, 0.25) is 0 Å². The topological polar surface area (TPSA) is 18.5 Å². The van der Waals surface area contributed by atoms with Gasteiger partial charge in [-0.2, -0.15) is 52.7 Å². The molecular formula is C17H22F12O2. The Balaban J connectivity index is 4.13. The van der Waals surface area contributed by atoms with Gasteiger partial charge in [0.05, 0.1) is 0 Å². The van der Waals surface area contributed by atoms with E-state index in [0.717, 1.165) is 13.8 Å². The van der Waals surface area contributed by atoms with Gasteiger partial charge in [-0.1, -0.05) is 41.5 Å². The molecule has 1 saturated heterocycles. The van der Waals surface area contributed by atoms with Gasteiger partial charge in [0, 0.05) is 10.8 Å². The van der Waals surface area contributed by atoms with E-state index < -0.39 is 65.4 Å². The second kappa shape index (κ2) is 7.04. The number of ether oxygens (including phenoxy) is 2. The third-order valence-corrected chi connectivity index (χ3v) is 6.00. The largest absolute Gasteiger partial charge is 0.453 e. The lowest BCUT2D eigenvalue weighted by Crippen LogP contribution is -2.71. The molecule has 1 aliphatic rings. The maximum absolute atomic E-state index is 15.6. The van der Waals surface area contributed by atoms with E-state index in [1.807, 2.05) is 0 Å². The smallest absolute Gasteiger partial charge is 0.288 e. The van der Waals surface area contributed by atoms with Crippen molar-refractivity contribution in [3.63, 3.8) is 0 Å². The van der Waals surface area contributed by atoms with Crippen LogP contribution in [0.4, 0.5) is 52.7 Å². The molecule has 0 amide bonds. The van der Waals surface area contributed by atoms with Crippen LogP contribution < -0.4 is 0 Å². The fraction of sp³-hybridized carbons (Fsp3) is 1.00. The molecule has 2 nitrogen and oxygen atoms in total. The van der Waals surface area contributed by atoms with E-state index in [1.54, 1.807) is 0 Å². The highest BCUT2D eigenvalue weighted by molar-refractivity contribution is 5.18. The highest BCUT2D eigenvalue weighted by Crippen LogP contribution is 2.70. The molecular weight excluding hydrogens is 464 g/mol. The van der Waals surface area contributed by atoms with Crippen molar-refractivity contribution in [2.45, 2.75) is 96.1 Å². The van der Waals surface area contributed by atoms with Crippen molar-refractivity contribution < 1.29 is 62.2 Å². The zero-order valence-corrected chi connectivity index (χ0v) is 17.3. The van der Waals surface area contributed by atoms with Crippen LogP contribution in [0.25, 0.3) is 0 Å². The molecule has 0 radical (unpaired) electrons. The zero-order valence-electron chi connectivity index (χ0n) is 17.3. The van der Waals surface area contributed by atoms with E-state index in [-0.39, 0.29) is 0 Å². The summed E-state index contributed by atoms with van der Waals surface area (Å²) in [5, 5.41) is 0. The fourth-order valence-corrected chi connectivity index (χ4v) is 2.79. The Morgan fingerprint density at radius 3 is 0.935 bits per heavy atom. The summed E-state index contributed by atoms with van der Waals surface area (Å²) in [6.45, 7) is 3.54. The third-order valence-electron chi connectivity index (χ3n) is 6.00. The molecule has 0 aromatic rings. The van der Waals surface area contributed by atoms with E-state index in [1.165, 1.54) is 0 Å². The number of rotatable bonds is 6. The summed E-state index contributed by atoms with van der Waals surface area (Å²) in [6.07, 6.45) is -15.7.